The third kappa shape index (κ3) is 1.61. The van der Waals surface area contributed by atoms with Crippen molar-refractivity contribution in [1.82, 2.24) is 14.4 Å². The number of hydrogen-bond donors (Lipinski definition) is 0. The van der Waals surface area contributed by atoms with Crippen molar-refractivity contribution in [3.63, 3.8) is 0 Å². The van der Waals surface area contributed by atoms with Gasteiger partial charge in [-0.3, -0.25) is 9.20 Å². The maximum Gasteiger partial charge on any atom is 0.186 e. The first-order valence-corrected chi connectivity index (χ1v) is 5.00. The van der Waals surface area contributed by atoms with E-state index in [1.165, 1.54) is 6.33 Å². The molecule has 4 nitrogen and oxygen atoms in total. The quantitative estimate of drug-likeness (QED) is 0.580. The molecule has 0 aromatic carbocycles. The number of hydrogen-bond acceptors (Lipinski definition) is 3. The molecule has 0 saturated carbocycles. The Morgan fingerprint density at radius 1 is 1.53 bits per heavy atom. The van der Waals surface area contributed by atoms with Crippen LogP contribution in [0.1, 0.15) is 36.1 Å². The lowest BCUT2D eigenvalue weighted by Gasteiger charge is -2.00. The summed E-state index contributed by atoms with van der Waals surface area (Å²) in [5, 5.41) is 0.404. The van der Waals surface area contributed by atoms with Crippen LogP contribution in [0.3, 0.4) is 0 Å². The fourth-order valence-corrected chi connectivity index (χ4v) is 1.66. The van der Waals surface area contributed by atoms with Crippen LogP contribution in [0.2, 0.25) is 5.15 Å². The summed E-state index contributed by atoms with van der Waals surface area (Å²) in [5.74, 6) is 0.602. The van der Waals surface area contributed by atoms with Crippen molar-refractivity contribution in [2.24, 2.45) is 0 Å². The molecule has 0 fully saturated rings. The Hall–Kier alpha value is -1.42. The predicted octanol–water partition coefficient (Wildman–Crippen LogP) is 2.32. The van der Waals surface area contributed by atoms with Crippen LogP contribution >= 0.6 is 11.6 Å². The van der Waals surface area contributed by atoms with Crippen LogP contribution < -0.4 is 0 Å². The van der Waals surface area contributed by atoms with E-state index in [1.807, 2.05) is 13.8 Å². The molecule has 0 saturated heterocycles. The highest BCUT2D eigenvalue weighted by Crippen LogP contribution is 2.21. The monoisotopic (exact) mass is 223 g/mol. The molecule has 2 heterocycles. The number of imidazole rings is 1. The molecular formula is C10H10ClN3O. The fourth-order valence-electron chi connectivity index (χ4n) is 1.52. The lowest BCUT2D eigenvalue weighted by atomic mass is 10.1. The van der Waals surface area contributed by atoms with Crippen molar-refractivity contribution in [3.8, 4) is 0 Å². The molecule has 0 unspecified atom stereocenters. The molecule has 0 aliphatic heterocycles. The highest BCUT2D eigenvalue weighted by atomic mass is 35.5. The van der Waals surface area contributed by atoms with E-state index in [9.17, 15) is 4.79 Å². The molecule has 0 aliphatic carbocycles. The maximum atomic E-state index is 10.8. The average molecular weight is 224 g/mol. The lowest BCUT2D eigenvalue weighted by Crippen LogP contribution is -1.93. The van der Waals surface area contributed by atoms with Gasteiger partial charge < -0.3 is 0 Å². The van der Waals surface area contributed by atoms with Crippen LogP contribution in [0.4, 0.5) is 0 Å². The molecule has 2 rings (SSSR count). The summed E-state index contributed by atoms with van der Waals surface area (Å²) in [7, 11) is 0. The second-order valence-corrected chi connectivity index (χ2v) is 3.98. The molecule has 78 valence electrons. The molecule has 2 aromatic heterocycles. The van der Waals surface area contributed by atoms with Gasteiger partial charge in [-0.2, -0.15) is 0 Å². The van der Waals surface area contributed by atoms with Gasteiger partial charge in [0.1, 0.15) is 11.5 Å². The molecule has 2 aromatic rings. The van der Waals surface area contributed by atoms with Gasteiger partial charge in [-0.15, -0.1) is 0 Å². The van der Waals surface area contributed by atoms with Crippen LogP contribution in [0.25, 0.3) is 5.52 Å². The highest BCUT2D eigenvalue weighted by molar-refractivity contribution is 6.29. The zero-order valence-electron chi connectivity index (χ0n) is 8.44. The molecule has 0 N–H and O–H groups in total. The van der Waals surface area contributed by atoms with Crippen molar-refractivity contribution >= 4 is 23.4 Å². The van der Waals surface area contributed by atoms with Crippen LogP contribution in [0.15, 0.2) is 12.4 Å². The summed E-state index contributed by atoms with van der Waals surface area (Å²) >= 11 is 5.81. The van der Waals surface area contributed by atoms with Gasteiger partial charge in [-0.25, -0.2) is 9.97 Å². The smallest absolute Gasteiger partial charge is 0.186 e. The van der Waals surface area contributed by atoms with Gasteiger partial charge in [0, 0.05) is 6.07 Å². The zero-order valence-corrected chi connectivity index (χ0v) is 9.19. The molecular weight excluding hydrogens is 214 g/mol. The van der Waals surface area contributed by atoms with Crippen molar-refractivity contribution in [1.29, 1.82) is 0 Å². The molecule has 15 heavy (non-hydrogen) atoms. The van der Waals surface area contributed by atoms with Crippen LogP contribution in [-0.4, -0.2) is 20.7 Å². The summed E-state index contributed by atoms with van der Waals surface area (Å²) in [5.41, 5.74) is 1.70. The minimum Gasteiger partial charge on any atom is -0.294 e. The number of carbonyl (C=O) groups is 1. The predicted molar refractivity (Wildman–Crippen MR) is 57.5 cm³/mol. The van der Waals surface area contributed by atoms with E-state index in [1.54, 1.807) is 10.5 Å². The molecule has 0 bridgehead atoms. The number of aldehydes is 1. The Labute approximate surface area is 91.9 Å². The molecule has 0 spiro atoms. The lowest BCUT2D eigenvalue weighted by molar-refractivity contribution is 0.111. The van der Waals surface area contributed by atoms with Gasteiger partial charge >= 0.3 is 0 Å². The summed E-state index contributed by atoms with van der Waals surface area (Å²) < 4.78 is 1.65. The SMILES string of the molecule is CC(C)c1nc(C=O)n2cnc(Cl)cc12. The summed E-state index contributed by atoms with van der Waals surface area (Å²) in [6.07, 6.45) is 2.23. The first-order chi connectivity index (χ1) is 7.13. The van der Waals surface area contributed by atoms with Crippen LogP contribution in [-0.2, 0) is 0 Å². The minimum atomic E-state index is 0.243. The Balaban J connectivity index is 2.81. The van der Waals surface area contributed by atoms with E-state index in [2.05, 4.69) is 9.97 Å². The first kappa shape index (κ1) is 10.1. The Kier molecular flexibility index (Phi) is 2.44. The number of fused-ring (bicyclic) bond motifs is 1. The number of rotatable bonds is 2. The number of aromatic nitrogens is 3. The van der Waals surface area contributed by atoms with Gasteiger partial charge in [0.15, 0.2) is 12.1 Å². The molecule has 0 aliphatic rings. The number of nitrogens with zero attached hydrogens (tertiary/aromatic N) is 3. The Morgan fingerprint density at radius 3 is 2.87 bits per heavy atom. The standard InChI is InChI=1S/C10H10ClN3O/c1-6(2)10-7-3-8(11)12-5-14(7)9(4-15)13-10/h3-6H,1-2H3. The average Bonchev–Trinajstić information content (AvgIpc) is 2.55. The topological polar surface area (TPSA) is 47.3 Å². The van der Waals surface area contributed by atoms with Crippen LogP contribution in [0.5, 0.6) is 0 Å². The summed E-state index contributed by atoms with van der Waals surface area (Å²) in [4.78, 5) is 19.0. The maximum absolute atomic E-state index is 10.8. The first-order valence-electron chi connectivity index (χ1n) is 4.62. The van der Waals surface area contributed by atoms with Crippen molar-refractivity contribution < 1.29 is 4.79 Å². The van der Waals surface area contributed by atoms with Gasteiger partial charge in [-0.1, -0.05) is 25.4 Å². The third-order valence-electron chi connectivity index (χ3n) is 2.21. The largest absolute Gasteiger partial charge is 0.294 e. The van der Waals surface area contributed by atoms with Gasteiger partial charge in [0.25, 0.3) is 0 Å². The van der Waals surface area contributed by atoms with E-state index in [0.717, 1.165) is 11.2 Å². The van der Waals surface area contributed by atoms with E-state index < -0.39 is 0 Å². The summed E-state index contributed by atoms with van der Waals surface area (Å²) in [6.45, 7) is 4.04. The number of halogens is 1. The molecule has 0 atom stereocenters. The molecule has 0 radical (unpaired) electrons. The van der Waals surface area contributed by atoms with E-state index in [4.69, 9.17) is 11.6 Å². The molecule has 0 amide bonds. The second-order valence-electron chi connectivity index (χ2n) is 3.59. The minimum absolute atomic E-state index is 0.243. The van der Waals surface area contributed by atoms with E-state index in [0.29, 0.717) is 17.3 Å². The fraction of sp³-hybridized carbons (Fsp3) is 0.300. The number of carbonyl (C=O) groups excluding carboxylic acids is 1. The van der Waals surface area contributed by atoms with Gasteiger partial charge in [0.2, 0.25) is 0 Å². The van der Waals surface area contributed by atoms with Crippen molar-refractivity contribution in [2.75, 3.05) is 0 Å². The van der Waals surface area contributed by atoms with Crippen molar-refractivity contribution in [2.45, 2.75) is 19.8 Å². The Morgan fingerprint density at radius 2 is 2.27 bits per heavy atom. The van der Waals surface area contributed by atoms with Crippen LogP contribution in [0, 0.1) is 0 Å². The zero-order chi connectivity index (χ0) is 11.0. The highest BCUT2D eigenvalue weighted by Gasteiger charge is 2.13. The normalized spacial score (nSPS) is 11.2. The van der Waals surface area contributed by atoms with Gasteiger partial charge in [0.05, 0.1) is 11.2 Å². The molecule has 5 heteroatoms. The van der Waals surface area contributed by atoms with E-state index in [-0.39, 0.29) is 5.92 Å². The second kappa shape index (κ2) is 3.62. The summed E-state index contributed by atoms with van der Waals surface area (Å²) in [6, 6.07) is 1.72. The van der Waals surface area contributed by atoms with Gasteiger partial charge in [-0.05, 0) is 5.92 Å². The van der Waals surface area contributed by atoms with E-state index >= 15 is 0 Å². The van der Waals surface area contributed by atoms with Crippen molar-refractivity contribution in [3.05, 3.63) is 29.1 Å². The Bertz CT molecular complexity index is 519. The third-order valence-corrected chi connectivity index (χ3v) is 2.42.